The van der Waals surface area contributed by atoms with Crippen LogP contribution in [-0.4, -0.2) is 51.4 Å². The van der Waals surface area contributed by atoms with Gasteiger partial charge in [0.25, 0.3) is 0 Å². The van der Waals surface area contributed by atoms with Crippen LogP contribution in [-0.2, 0) is 4.79 Å². The first-order chi connectivity index (χ1) is 13.2. The number of nitrogens with zero attached hydrogens (tertiary/aromatic N) is 4. The Labute approximate surface area is 162 Å². The fourth-order valence-electron chi connectivity index (χ4n) is 3.66. The van der Waals surface area contributed by atoms with E-state index >= 15 is 0 Å². The molecule has 0 N–H and O–H groups in total. The SMILES string of the molecule is COc1ccc2c(C)cc3nnc(SCC(=O)N4CCCCCC4)n3c2c1. The van der Waals surface area contributed by atoms with Crippen LogP contribution in [0, 0.1) is 6.92 Å². The van der Waals surface area contributed by atoms with Crippen LogP contribution in [0.3, 0.4) is 0 Å². The molecule has 1 fully saturated rings. The molecule has 142 valence electrons. The smallest absolute Gasteiger partial charge is 0.233 e. The minimum absolute atomic E-state index is 0.188. The number of carbonyl (C=O) groups is 1. The Morgan fingerprint density at radius 3 is 2.67 bits per heavy atom. The van der Waals surface area contributed by atoms with E-state index in [-0.39, 0.29) is 5.91 Å². The number of rotatable bonds is 4. The molecular formula is C20H24N4O2S. The van der Waals surface area contributed by atoms with E-state index in [2.05, 4.69) is 23.2 Å². The molecule has 1 aromatic carbocycles. The van der Waals surface area contributed by atoms with E-state index in [4.69, 9.17) is 4.74 Å². The summed E-state index contributed by atoms with van der Waals surface area (Å²) < 4.78 is 7.41. The van der Waals surface area contributed by atoms with Gasteiger partial charge in [0.1, 0.15) is 5.75 Å². The number of carbonyl (C=O) groups excluding carboxylic acids is 1. The van der Waals surface area contributed by atoms with Gasteiger partial charge < -0.3 is 9.64 Å². The number of aryl methyl sites for hydroxylation is 1. The lowest BCUT2D eigenvalue weighted by atomic mass is 10.1. The number of likely N-dealkylation sites (tertiary alicyclic amines) is 1. The predicted octanol–water partition coefficient (Wildman–Crippen LogP) is 3.69. The lowest BCUT2D eigenvalue weighted by Crippen LogP contribution is -2.33. The van der Waals surface area contributed by atoms with E-state index in [0.717, 1.165) is 59.0 Å². The molecule has 1 aliphatic heterocycles. The Hall–Kier alpha value is -2.28. The molecule has 1 aliphatic rings. The molecule has 0 radical (unpaired) electrons. The zero-order valence-corrected chi connectivity index (χ0v) is 16.6. The predicted molar refractivity (Wildman–Crippen MR) is 108 cm³/mol. The van der Waals surface area contributed by atoms with Gasteiger partial charge in [0.05, 0.1) is 18.4 Å². The summed E-state index contributed by atoms with van der Waals surface area (Å²) >= 11 is 1.46. The molecule has 1 amide bonds. The quantitative estimate of drug-likeness (QED) is 0.642. The van der Waals surface area contributed by atoms with Gasteiger partial charge in [-0.1, -0.05) is 24.6 Å². The number of thioether (sulfide) groups is 1. The van der Waals surface area contributed by atoms with Crippen molar-refractivity contribution < 1.29 is 9.53 Å². The minimum Gasteiger partial charge on any atom is -0.497 e. The van der Waals surface area contributed by atoms with Crippen LogP contribution in [0.5, 0.6) is 5.75 Å². The first-order valence-electron chi connectivity index (χ1n) is 9.40. The fraction of sp³-hybridized carbons (Fsp3) is 0.450. The third kappa shape index (κ3) is 3.60. The van der Waals surface area contributed by atoms with Crippen molar-refractivity contribution in [3.8, 4) is 5.75 Å². The first-order valence-corrected chi connectivity index (χ1v) is 10.4. The number of fused-ring (bicyclic) bond motifs is 3. The second kappa shape index (κ2) is 7.76. The zero-order valence-electron chi connectivity index (χ0n) is 15.8. The van der Waals surface area contributed by atoms with Crippen LogP contribution in [0.1, 0.15) is 31.2 Å². The maximum atomic E-state index is 12.6. The largest absolute Gasteiger partial charge is 0.497 e. The monoisotopic (exact) mass is 384 g/mol. The second-order valence-corrected chi connectivity index (χ2v) is 7.91. The molecule has 7 heteroatoms. The van der Waals surface area contributed by atoms with E-state index in [9.17, 15) is 4.79 Å². The molecule has 0 spiro atoms. The van der Waals surface area contributed by atoms with Crippen LogP contribution in [0.15, 0.2) is 29.4 Å². The summed E-state index contributed by atoms with van der Waals surface area (Å²) in [5.74, 6) is 1.37. The van der Waals surface area contributed by atoms with Gasteiger partial charge in [-0.05, 0) is 43.5 Å². The van der Waals surface area contributed by atoms with Crippen molar-refractivity contribution in [2.45, 2.75) is 37.8 Å². The lowest BCUT2D eigenvalue weighted by molar-refractivity contribution is -0.128. The normalized spacial score (nSPS) is 15.3. The van der Waals surface area contributed by atoms with Crippen molar-refractivity contribution in [1.29, 1.82) is 0 Å². The molecule has 2 aromatic heterocycles. The molecule has 4 rings (SSSR count). The maximum Gasteiger partial charge on any atom is 0.233 e. The topological polar surface area (TPSA) is 59.7 Å². The van der Waals surface area contributed by atoms with Gasteiger partial charge in [0, 0.05) is 24.5 Å². The zero-order chi connectivity index (χ0) is 18.8. The van der Waals surface area contributed by atoms with Gasteiger partial charge in [-0.25, -0.2) is 0 Å². The standard InChI is InChI=1S/C20H24N4O2S/c1-14-11-18-21-22-20(24(18)17-12-15(26-2)7-8-16(14)17)27-13-19(25)23-9-5-3-4-6-10-23/h7-8,11-12H,3-6,9-10,13H2,1-2H3. The third-order valence-electron chi connectivity index (χ3n) is 5.16. The molecule has 0 saturated carbocycles. The van der Waals surface area contributed by atoms with Gasteiger partial charge in [-0.3, -0.25) is 9.20 Å². The average Bonchev–Trinajstić information content (AvgIpc) is 2.90. The lowest BCUT2D eigenvalue weighted by Gasteiger charge is -2.19. The molecule has 0 bridgehead atoms. The van der Waals surface area contributed by atoms with E-state index in [0.29, 0.717) is 5.75 Å². The van der Waals surface area contributed by atoms with Gasteiger partial charge in [-0.2, -0.15) is 0 Å². The molecule has 0 aliphatic carbocycles. The summed E-state index contributed by atoms with van der Waals surface area (Å²) in [7, 11) is 1.66. The van der Waals surface area contributed by atoms with Crippen molar-refractivity contribution in [3.63, 3.8) is 0 Å². The number of amides is 1. The average molecular weight is 385 g/mol. The number of methoxy groups -OCH3 is 1. The van der Waals surface area contributed by atoms with Crippen LogP contribution in [0.4, 0.5) is 0 Å². The van der Waals surface area contributed by atoms with Crippen molar-refractivity contribution in [2.24, 2.45) is 0 Å². The highest BCUT2D eigenvalue weighted by atomic mass is 32.2. The molecule has 27 heavy (non-hydrogen) atoms. The summed E-state index contributed by atoms with van der Waals surface area (Å²) in [4.78, 5) is 14.6. The number of aromatic nitrogens is 3. The Morgan fingerprint density at radius 2 is 1.93 bits per heavy atom. The first kappa shape index (κ1) is 18.1. The molecule has 6 nitrogen and oxygen atoms in total. The second-order valence-electron chi connectivity index (χ2n) is 6.97. The van der Waals surface area contributed by atoms with Crippen LogP contribution < -0.4 is 4.74 Å². The summed E-state index contributed by atoms with van der Waals surface area (Å²) in [6, 6.07) is 8.04. The summed E-state index contributed by atoms with van der Waals surface area (Å²) in [6.45, 7) is 3.82. The van der Waals surface area contributed by atoms with Crippen molar-refractivity contribution in [2.75, 3.05) is 26.0 Å². The highest BCUT2D eigenvalue weighted by Gasteiger charge is 2.18. The van der Waals surface area contributed by atoms with E-state index in [1.54, 1.807) is 7.11 Å². The maximum absolute atomic E-state index is 12.6. The van der Waals surface area contributed by atoms with E-state index < -0.39 is 0 Å². The summed E-state index contributed by atoms with van der Waals surface area (Å²) in [6.07, 6.45) is 4.65. The van der Waals surface area contributed by atoms with Crippen LogP contribution in [0.2, 0.25) is 0 Å². The molecule has 3 heterocycles. The molecular weight excluding hydrogens is 360 g/mol. The van der Waals surface area contributed by atoms with Gasteiger partial charge in [0.2, 0.25) is 5.91 Å². The molecule has 0 atom stereocenters. The highest BCUT2D eigenvalue weighted by Crippen LogP contribution is 2.28. The number of benzene rings is 1. The van der Waals surface area contributed by atoms with E-state index in [1.165, 1.54) is 24.6 Å². The van der Waals surface area contributed by atoms with Crippen molar-refractivity contribution in [3.05, 3.63) is 29.8 Å². The van der Waals surface area contributed by atoms with Gasteiger partial charge in [0.15, 0.2) is 10.8 Å². The van der Waals surface area contributed by atoms with Gasteiger partial charge >= 0.3 is 0 Å². The Bertz CT molecular complexity index is 977. The highest BCUT2D eigenvalue weighted by molar-refractivity contribution is 7.99. The van der Waals surface area contributed by atoms with Crippen LogP contribution in [0.25, 0.3) is 16.6 Å². The van der Waals surface area contributed by atoms with Crippen LogP contribution >= 0.6 is 11.8 Å². The molecule has 3 aromatic rings. The molecule has 0 unspecified atom stereocenters. The fourth-order valence-corrected chi connectivity index (χ4v) is 4.52. The van der Waals surface area contributed by atoms with Crippen molar-refractivity contribution in [1.82, 2.24) is 19.5 Å². The minimum atomic E-state index is 0.188. The van der Waals surface area contributed by atoms with Gasteiger partial charge in [-0.15, -0.1) is 10.2 Å². The number of hydrogen-bond donors (Lipinski definition) is 0. The Morgan fingerprint density at radius 1 is 1.15 bits per heavy atom. The summed E-state index contributed by atoms with van der Waals surface area (Å²) in [5, 5.41) is 10.5. The molecule has 1 saturated heterocycles. The summed E-state index contributed by atoms with van der Waals surface area (Å²) in [5.41, 5.74) is 2.93. The Kier molecular flexibility index (Phi) is 5.20. The Balaban J connectivity index is 1.64. The number of pyridine rings is 1. The van der Waals surface area contributed by atoms with E-state index in [1.807, 2.05) is 27.5 Å². The third-order valence-corrected chi connectivity index (χ3v) is 6.07. The van der Waals surface area contributed by atoms with Crippen molar-refractivity contribution >= 4 is 34.2 Å². The number of hydrogen-bond acceptors (Lipinski definition) is 5. The number of ether oxygens (including phenoxy) is 1.